The van der Waals surface area contributed by atoms with Crippen LogP contribution in [0.15, 0.2) is 36.5 Å². The second-order valence-corrected chi connectivity index (χ2v) is 5.35. The first-order valence-corrected chi connectivity index (χ1v) is 6.85. The number of pyridine rings is 1. The van der Waals surface area contributed by atoms with Gasteiger partial charge in [0.25, 0.3) is 0 Å². The number of rotatable bonds is 3. The predicted octanol–water partition coefficient (Wildman–Crippen LogP) is 3.65. The molecule has 96 valence electrons. The van der Waals surface area contributed by atoms with Crippen LogP contribution in [0.2, 0.25) is 5.02 Å². The van der Waals surface area contributed by atoms with Gasteiger partial charge in [-0.1, -0.05) is 29.8 Å². The highest BCUT2D eigenvalue weighted by atomic mass is 35.5. The summed E-state index contributed by atoms with van der Waals surface area (Å²) in [7, 11) is 0. The first-order chi connectivity index (χ1) is 9.22. The van der Waals surface area contributed by atoms with Gasteiger partial charge in [0.15, 0.2) is 5.78 Å². The van der Waals surface area contributed by atoms with Gasteiger partial charge in [-0.2, -0.15) is 0 Å². The molecule has 0 fully saturated rings. The number of aromatic nitrogens is 1. The molecule has 3 rings (SSSR count). The molecule has 1 aromatic carbocycles. The summed E-state index contributed by atoms with van der Waals surface area (Å²) in [6.45, 7) is 0. The van der Waals surface area contributed by atoms with Crippen LogP contribution < -0.4 is 0 Å². The standard InChI is InChI=1S/C16H14ClNO/c17-14-6-7-15(18-10-14)16(19)9-11-4-5-12-2-1-3-13(12)8-11/h4-8,10H,1-3,9H2. The lowest BCUT2D eigenvalue weighted by Gasteiger charge is -2.04. The normalized spacial score (nSPS) is 13.3. The third-order valence-electron chi connectivity index (χ3n) is 3.54. The Morgan fingerprint density at radius 1 is 1.16 bits per heavy atom. The quantitative estimate of drug-likeness (QED) is 0.798. The minimum atomic E-state index is 0.0367. The zero-order valence-corrected chi connectivity index (χ0v) is 11.3. The summed E-state index contributed by atoms with van der Waals surface area (Å²) in [6, 6.07) is 9.75. The van der Waals surface area contributed by atoms with E-state index in [9.17, 15) is 4.79 Å². The molecular weight excluding hydrogens is 258 g/mol. The molecule has 1 aromatic heterocycles. The molecule has 3 heteroatoms. The van der Waals surface area contributed by atoms with Gasteiger partial charge in [-0.25, -0.2) is 0 Å². The SMILES string of the molecule is O=C(Cc1ccc2c(c1)CCC2)c1ccc(Cl)cn1. The Labute approximate surface area is 117 Å². The maximum absolute atomic E-state index is 12.1. The molecule has 0 atom stereocenters. The van der Waals surface area contributed by atoms with Crippen LogP contribution >= 0.6 is 11.6 Å². The number of carbonyl (C=O) groups excluding carboxylic acids is 1. The van der Waals surface area contributed by atoms with Crippen LogP contribution in [-0.2, 0) is 19.3 Å². The highest BCUT2D eigenvalue weighted by molar-refractivity contribution is 6.30. The van der Waals surface area contributed by atoms with Crippen LogP contribution in [0.5, 0.6) is 0 Å². The van der Waals surface area contributed by atoms with E-state index in [1.54, 1.807) is 12.1 Å². The Kier molecular flexibility index (Phi) is 3.34. The van der Waals surface area contributed by atoms with Crippen molar-refractivity contribution in [3.05, 3.63) is 63.9 Å². The molecule has 1 heterocycles. The van der Waals surface area contributed by atoms with E-state index in [1.165, 1.54) is 30.2 Å². The van der Waals surface area contributed by atoms with E-state index in [-0.39, 0.29) is 5.78 Å². The monoisotopic (exact) mass is 271 g/mol. The number of halogens is 1. The van der Waals surface area contributed by atoms with Gasteiger partial charge in [-0.05, 0) is 48.1 Å². The van der Waals surface area contributed by atoms with Gasteiger partial charge in [0.05, 0.1) is 5.02 Å². The van der Waals surface area contributed by atoms with Crippen LogP contribution in [0, 0.1) is 0 Å². The maximum Gasteiger partial charge on any atom is 0.185 e. The van der Waals surface area contributed by atoms with Crippen LogP contribution in [0.1, 0.15) is 33.6 Å². The molecule has 0 aliphatic heterocycles. The Hall–Kier alpha value is -1.67. The summed E-state index contributed by atoms with van der Waals surface area (Å²) >= 11 is 5.77. The highest BCUT2D eigenvalue weighted by Crippen LogP contribution is 2.23. The van der Waals surface area contributed by atoms with Gasteiger partial charge in [-0.3, -0.25) is 9.78 Å². The number of hydrogen-bond donors (Lipinski definition) is 0. The Morgan fingerprint density at radius 3 is 2.79 bits per heavy atom. The first kappa shape index (κ1) is 12.4. The molecule has 1 aliphatic rings. The van der Waals surface area contributed by atoms with Gasteiger partial charge in [0.2, 0.25) is 0 Å². The summed E-state index contributed by atoms with van der Waals surface area (Å²) < 4.78 is 0. The number of fused-ring (bicyclic) bond motifs is 1. The number of aryl methyl sites for hydroxylation is 2. The lowest BCUT2D eigenvalue weighted by Crippen LogP contribution is -2.06. The smallest absolute Gasteiger partial charge is 0.185 e. The summed E-state index contributed by atoms with van der Waals surface area (Å²) in [5, 5.41) is 0.550. The topological polar surface area (TPSA) is 30.0 Å². The largest absolute Gasteiger partial charge is 0.292 e. The van der Waals surface area contributed by atoms with E-state index in [0.29, 0.717) is 17.1 Å². The molecule has 0 spiro atoms. The molecular formula is C16H14ClNO. The van der Waals surface area contributed by atoms with Crippen molar-refractivity contribution in [3.63, 3.8) is 0 Å². The molecule has 0 amide bonds. The van der Waals surface area contributed by atoms with Crippen LogP contribution in [0.25, 0.3) is 0 Å². The lowest BCUT2D eigenvalue weighted by molar-refractivity contribution is 0.0988. The zero-order valence-electron chi connectivity index (χ0n) is 10.5. The fraction of sp³-hybridized carbons (Fsp3) is 0.250. The van der Waals surface area contributed by atoms with Crippen molar-refractivity contribution in [2.45, 2.75) is 25.7 Å². The summed E-state index contributed by atoms with van der Waals surface area (Å²) in [6.07, 6.45) is 5.45. The van der Waals surface area contributed by atoms with Crippen molar-refractivity contribution >= 4 is 17.4 Å². The average Bonchev–Trinajstić information content (AvgIpc) is 2.87. The third-order valence-corrected chi connectivity index (χ3v) is 3.76. The highest BCUT2D eigenvalue weighted by Gasteiger charge is 2.13. The van der Waals surface area contributed by atoms with Gasteiger partial charge in [0.1, 0.15) is 5.69 Å². The summed E-state index contributed by atoms with van der Waals surface area (Å²) in [4.78, 5) is 16.2. The van der Waals surface area contributed by atoms with E-state index in [1.807, 2.05) is 0 Å². The fourth-order valence-corrected chi connectivity index (χ4v) is 2.66. The van der Waals surface area contributed by atoms with Crippen molar-refractivity contribution in [2.75, 3.05) is 0 Å². The number of nitrogens with zero attached hydrogens (tertiary/aromatic N) is 1. The molecule has 19 heavy (non-hydrogen) atoms. The second-order valence-electron chi connectivity index (χ2n) is 4.92. The lowest BCUT2D eigenvalue weighted by atomic mass is 10.0. The number of Topliss-reactive ketones (excluding diaryl/α,β-unsaturated/α-hetero) is 1. The number of benzene rings is 1. The molecule has 0 saturated carbocycles. The molecule has 2 nitrogen and oxygen atoms in total. The molecule has 0 radical (unpaired) electrons. The van der Waals surface area contributed by atoms with E-state index < -0.39 is 0 Å². The fourth-order valence-electron chi connectivity index (χ4n) is 2.55. The Morgan fingerprint density at radius 2 is 2.00 bits per heavy atom. The van der Waals surface area contributed by atoms with Crippen molar-refractivity contribution in [1.82, 2.24) is 4.98 Å². The predicted molar refractivity (Wildman–Crippen MR) is 75.7 cm³/mol. The second kappa shape index (κ2) is 5.14. The van der Waals surface area contributed by atoms with Crippen LogP contribution in [0.3, 0.4) is 0 Å². The Bertz CT molecular complexity index is 619. The number of ketones is 1. The molecule has 2 aromatic rings. The van der Waals surface area contributed by atoms with E-state index >= 15 is 0 Å². The van der Waals surface area contributed by atoms with Crippen molar-refractivity contribution < 1.29 is 4.79 Å². The minimum absolute atomic E-state index is 0.0367. The summed E-state index contributed by atoms with van der Waals surface area (Å²) in [5.74, 6) is 0.0367. The molecule has 0 bridgehead atoms. The van der Waals surface area contributed by atoms with Gasteiger partial charge in [-0.15, -0.1) is 0 Å². The zero-order chi connectivity index (χ0) is 13.2. The molecule has 1 aliphatic carbocycles. The van der Waals surface area contributed by atoms with Gasteiger partial charge < -0.3 is 0 Å². The van der Waals surface area contributed by atoms with Crippen molar-refractivity contribution in [1.29, 1.82) is 0 Å². The first-order valence-electron chi connectivity index (χ1n) is 6.48. The van der Waals surface area contributed by atoms with Crippen LogP contribution in [-0.4, -0.2) is 10.8 Å². The van der Waals surface area contributed by atoms with Gasteiger partial charge in [0, 0.05) is 12.6 Å². The summed E-state index contributed by atoms with van der Waals surface area (Å²) in [5.41, 5.74) is 4.38. The van der Waals surface area contributed by atoms with E-state index in [2.05, 4.69) is 23.2 Å². The molecule has 0 saturated heterocycles. The Balaban J connectivity index is 1.77. The number of hydrogen-bond acceptors (Lipinski definition) is 2. The van der Waals surface area contributed by atoms with E-state index in [4.69, 9.17) is 11.6 Å². The average molecular weight is 272 g/mol. The molecule has 0 unspecified atom stereocenters. The molecule has 0 N–H and O–H groups in total. The van der Waals surface area contributed by atoms with Crippen molar-refractivity contribution in [2.24, 2.45) is 0 Å². The van der Waals surface area contributed by atoms with Crippen molar-refractivity contribution in [3.8, 4) is 0 Å². The minimum Gasteiger partial charge on any atom is -0.292 e. The van der Waals surface area contributed by atoms with E-state index in [0.717, 1.165) is 12.0 Å². The third kappa shape index (κ3) is 2.69. The van der Waals surface area contributed by atoms with Gasteiger partial charge >= 0.3 is 0 Å². The van der Waals surface area contributed by atoms with Crippen LogP contribution in [0.4, 0.5) is 0 Å². The maximum atomic E-state index is 12.1. The number of carbonyl (C=O) groups is 1.